The van der Waals surface area contributed by atoms with Gasteiger partial charge in [-0.3, -0.25) is 4.79 Å². The number of nitrogens with one attached hydrogen (secondary N) is 1. The molecule has 1 fully saturated rings. The molecule has 3 heterocycles. The van der Waals surface area contributed by atoms with Gasteiger partial charge in [-0.05, 0) is 43.9 Å². The molecule has 1 aromatic heterocycles. The summed E-state index contributed by atoms with van der Waals surface area (Å²) in [6.45, 7) is 1.33. The van der Waals surface area contributed by atoms with Crippen LogP contribution in [0.2, 0.25) is 5.02 Å². The lowest BCUT2D eigenvalue weighted by Crippen LogP contribution is -2.29. The van der Waals surface area contributed by atoms with Crippen LogP contribution >= 0.6 is 36.4 Å². The van der Waals surface area contributed by atoms with E-state index in [1.807, 2.05) is 6.07 Å². The number of rotatable bonds is 4. The van der Waals surface area contributed by atoms with Gasteiger partial charge in [-0.15, -0.1) is 35.0 Å². The van der Waals surface area contributed by atoms with Crippen molar-refractivity contribution in [1.29, 1.82) is 0 Å². The van der Waals surface area contributed by atoms with Gasteiger partial charge >= 0.3 is 0 Å². The number of aromatic nitrogens is 3. The van der Waals surface area contributed by atoms with Crippen LogP contribution in [0.15, 0.2) is 18.2 Å². The molecule has 1 saturated heterocycles. The lowest BCUT2D eigenvalue weighted by molar-refractivity contribution is -0.126. The first-order valence-electron chi connectivity index (χ1n) is 9.54. The first kappa shape index (κ1) is 23.9. The SMILES string of the molecule is Cl.Cl.NC[C@H]1CC[C@@H](C(=O)Nc2ccc(Cl)c(-c3nnc4n3CCCCC4)c2)O1. The van der Waals surface area contributed by atoms with Crippen LogP contribution < -0.4 is 11.1 Å². The molecule has 2 aliphatic rings. The third-order valence-corrected chi connectivity index (χ3v) is 5.58. The Balaban J connectivity index is 0.00000150. The second kappa shape index (κ2) is 10.6. The highest BCUT2D eigenvalue weighted by Crippen LogP contribution is 2.31. The molecule has 10 heteroatoms. The van der Waals surface area contributed by atoms with Gasteiger partial charge in [0.05, 0.1) is 11.1 Å². The summed E-state index contributed by atoms with van der Waals surface area (Å²) in [7, 11) is 0. The molecule has 4 rings (SSSR count). The van der Waals surface area contributed by atoms with Crippen LogP contribution in [-0.4, -0.2) is 39.4 Å². The summed E-state index contributed by atoms with van der Waals surface area (Å²) in [5, 5.41) is 12.2. The molecule has 0 aliphatic carbocycles. The van der Waals surface area contributed by atoms with Crippen molar-refractivity contribution in [3.8, 4) is 11.4 Å². The van der Waals surface area contributed by atoms with Crippen molar-refractivity contribution in [1.82, 2.24) is 14.8 Å². The fourth-order valence-corrected chi connectivity index (χ4v) is 3.96. The molecule has 2 atom stereocenters. The predicted octanol–water partition coefficient (Wildman–Crippen LogP) is 3.61. The molecule has 0 unspecified atom stereocenters. The molecule has 2 aliphatic heterocycles. The number of amides is 1. The highest BCUT2D eigenvalue weighted by molar-refractivity contribution is 6.33. The van der Waals surface area contributed by atoms with Crippen molar-refractivity contribution in [2.45, 2.75) is 57.3 Å². The molecule has 7 nitrogen and oxygen atoms in total. The number of halogens is 3. The van der Waals surface area contributed by atoms with Gasteiger partial charge in [-0.2, -0.15) is 0 Å². The summed E-state index contributed by atoms with van der Waals surface area (Å²) < 4.78 is 7.81. The average molecular weight is 463 g/mol. The summed E-state index contributed by atoms with van der Waals surface area (Å²) >= 11 is 6.44. The van der Waals surface area contributed by atoms with Crippen molar-refractivity contribution in [2.75, 3.05) is 11.9 Å². The minimum Gasteiger partial charge on any atom is -0.364 e. The molecule has 1 amide bonds. The number of nitrogens with two attached hydrogens (primary N) is 1. The lowest BCUT2D eigenvalue weighted by atomic mass is 10.1. The lowest BCUT2D eigenvalue weighted by Gasteiger charge is -2.14. The maximum atomic E-state index is 12.5. The maximum absolute atomic E-state index is 12.5. The van der Waals surface area contributed by atoms with Gasteiger partial charge in [0.1, 0.15) is 11.9 Å². The van der Waals surface area contributed by atoms with Gasteiger partial charge < -0.3 is 20.4 Å². The normalized spacial score (nSPS) is 20.8. The Labute approximate surface area is 187 Å². The predicted molar refractivity (Wildman–Crippen MR) is 118 cm³/mol. The van der Waals surface area contributed by atoms with Crippen molar-refractivity contribution in [3.05, 3.63) is 29.0 Å². The Hall–Kier alpha value is -1.38. The number of fused-ring (bicyclic) bond motifs is 1. The summed E-state index contributed by atoms with van der Waals surface area (Å²) in [6, 6.07) is 5.43. The molecule has 0 saturated carbocycles. The summed E-state index contributed by atoms with van der Waals surface area (Å²) in [6.07, 6.45) is 5.37. The van der Waals surface area contributed by atoms with Crippen LogP contribution in [0, 0.1) is 0 Å². The zero-order valence-electron chi connectivity index (χ0n) is 16.0. The van der Waals surface area contributed by atoms with E-state index in [-0.39, 0.29) is 36.8 Å². The average Bonchev–Trinajstić information content (AvgIpc) is 3.25. The minimum absolute atomic E-state index is 0. The number of benzene rings is 1. The Bertz CT molecular complexity index is 845. The molecule has 0 bridgehead atoms. The van der Waals surface area contributed by atoms with E-state index < -0.39 is 6.10 Å². The van der Waals surface area contributed by atoms with E-state index in [0.29, 0.717) is 23.7 Å². The molecule has 1 aromatic carbocycles. The smallest absolute Gasteiger partial charge is 0.253 e. The Morgan fingerprint density at radius 3 is 2.83 bits per heavy atom. The van der Waals surface area contributed by atoms with E-state index in [4.69, 9.17) is 22.1 Å². The zero-order valence-corrected chi connectivity index (χ0v) is 18.4. The fourth-order valence-electron chi connectivity index (χ4n) is 3.75. The number of carbonyl (C=O) groups is 1. The molecular formula is C19H26Cl3N5O2. The number of ether oxygens (including phenoxy) is 1. The zero-order chi connectivity index (χ0) is 18.8. The second-order valence-electron chi connectivity index (χ2n) is 7.15. The van der Waals surface area contributed by atoms with Crippen LogP contribution in [0.5, 0.6) is 0 Å². The van der Waals surface area contributed by atoms with Gasteiger partial charge in [0.15, 0.2) is 5.82 Å². The molecule has 0 spiro atoms. The number of hydrogen-bond acceptors (Lipinski definition) is 5. The van der Waals surface area contributed by atoms with Gasteiger partial charge in [-0.25, -0.2) is 0 Å². The van der Waals surface area contributed by atoms with Crippen molar-refractivity contribution < 1.29 is 9.53 Å². The van der Waals surface area contributed by atoms with Gasteiger partial charge in [0.2, 0.25) is 0 Å². The van der Waals surface area contributed by atoms with Crippen molar-refractivity contribution in [3.63, 3.8) is 0 Å². The van der Waals surface area contributed by atoms with E-state index in [9.17, 15) is 4.79 Å². The number of hydrogen-bond donors (Lipinski definition) is 2. The van der Waals surface area contributed by atoms with E-state index in [1.54, 1.807) is 12.1 Å². The number of aryl methyl sites for hydroxylation is 1. The Kier molecular flexibility index (Phi) is 8.73. The topological polar surface area (TPSA) is 95.1 Å². The largest absolute Gasteiger partial charge is 0.364 e. The monoisotopic (exact) mass is 461 g/mol. The van der Waals surface area contributed by atoms with E-state index in [0.717, 1.165) is 49.4 Å². The number of nitrogens with zero attached hydrogens (tertiary/aromatic N) is 3. The first-order chi connectivity index (χ1) is 13.2. The summed E-state index contributed by atoms with van der Waals surface area (Å²) in [5.74, 6) is 1.60. The van der Waals surface area contributed by atoms with Gasteiger partial charge in [-0.1, -0.05) is 18.0 Å². The molecule has 3 N–H and O–H groups in total. The van der Waals surface area contributed by atoms with Crippen molar-refractivity contribution in [2.24, 2.45) is 5.73 Å². The summed E-state index contributed by atoms with van der Waals surface area (Å²) in [5.41, 5.74) is 7.07. The Morgan fingerprint density at radius 2 is 2.07 bits per heavy atom. The second-order valence-corrected chi connectivity index (χ2v) is 7.55. The highest BCUT2D eigenvalue weighted by atomic mass is 35.5. The standard InChI is InChI=1S/C19H24ClN5O2.2ClH/c20-15-7-5-12(22-19(26)16-8-6-13(11-21)27-16)10-14(15)18-24-23-17-4-2-1-3-9-25(17)18;;/h5,7,10,13,16H,1-4,6,8-9,11,21H2,(H,22,26);2*1H/t13-,16+;;/m1../s1. The molecular weight excluding hydrogens is 437 g/mol. The number of anilines is 1. The van der Waals surface area contributed by atoms with E-state index in [2.05, 4.69) is 20.1 Å². The van der Waals surface area contributed by atoms with Crippen LogP contribution in [-0.2, 0) is 22.5 Å². The Morgan fingerprint density at radius 1 is 1.24 bits per heavy atom. The van der Waals surface area contributed by atoms with Crippen LogP contribution in [0.25, 0.3) is 11.4 Å². The molecule has 29 heavy (non-hydrogen) atoms. The molecule has 2 aromatic rings. The van der Waals surface area contributed by atoms with Gasteiger partial charge in [0.25, 0.3) is 5.91 Å². The third-order valence-electron chi connectivity index (χ3n) is 5.25. The first-order valence-corrected chi connectivity index (χ1v) is 9.92. The van der Waals surface area contributed by atoms with E-state index in [1.165, 1.54) is 6.42 Å². The number of carbonyl (C=O) groups excluding carboxylic acids is 1. The van der Waals surface area contributed by atoms with E-state index >= 15 is 0 Å². The van der Waals surface area contributed by atoms with Crippen LogP contribution in [0.1, 0.15) is 37.9 Å². The van der Waals surface area contributed by atoms with Crippen LogP contribution in [0.3, 0.4) is 0 Å². The minimum atomic E-state index is -0.456. The molecule has 160 valence electrons. The fraction of sp³-hybridized carbons (Fsp3) is 0.526. The third kappa shape index (κ3) is 5.22. The molecule has 0 radical (unpaired) electrons. The maximum Gasteiger partial charge on any atom is 0.253 e. The summed E-state index contributed by atoms with van der Waals surface area (Å²) in [4.78, 5) is 12.5. The van der Waals surface area contributed by atoms with Gasteiger partial charge in [0, 0.05) is 30.8 Å². The van der Waals surface area contributed by atoms with Crippen molar-refractivity contribution >= 4 is 48.0 Å². The quantitative estimate of drug-likeness (QED) is 0.723. The van der Waals surface area contributed by atoms with Crippen LogP contribution in [0.4, 0.5) is 5.69 Å². The highest BCUT2D eigenvalue weighted by Gasteiger charge is 2.30.